The van der Waals surface area contributed by atoms with Crippen LogP contribution in [0.2, 0.25) is 0 Å². The second-order valence-corrected chi connectivity index (χ2v) is 7.14. The van der Waals surface area contributed by atoms with Crippen LogP contribution in [0, 0.1) is 0 Å². The fourth-order valence-electron chi connectivity index (χ4n) is 2.99. The molecule has 2 atom stereocenters. The van der Waals surface area contributed by atoms with Crippen LogP contribution in [0.25, 0.3) is 0 Å². The van der Waals surface area contributed by atoms with Crippen molar-refractivity contribution in [1.82, 2.24) is 10.2 Å². The monoisotopic (exact) mass is 280 g/mol. The van der Waals surface area contributed by atoms with Crippen LogP contribution in [0.3, 0.4) is 0 Å². The molecule has 2 unspecified atom stereocenters. The lowest BCUT2D eigenvalue weighted by Crippen LogP contribution is -2.39. The average molecular weight is 280 g/mol. The Morgan fingerprint density at radius 1 is 1.32 bits per heavy atom. The number of rotatable bonds is 5. The van der Waals surface area contributed by atoms with Gasteiger partial charge >= 0.3 is 0 Å². The summed E-state index contributed by atoms with van der Waals surface area (Å²) in [6.07, 6.45) is 5.13. The highest BCUT2D eigenvalue weighted by Crippen LogP contribution is 2.16. The van der Waals surface area contributed by atoms with E-state index in [1.165, 1.54) is 43.6 Å². The van der Waals surface area contributed by atoms with Crippen LogP contribution in [0.4, 0.5) is 0 Å². The third-order valence-electron chi connectivity index (χ3n) is 4.10. The summed E-state index contributed by atoms with van der Waals surface area (Å²) in [7, 11) is 0. The van der Waals surface area contributed by atoms with Gasteiger partial charge in [0.2, 0.25) is 0 Å². The van der Waals surface area contributed by atoms with E-state index < -0.39 is 0 Å². The smallest absolute Gasteiger partial charge is 0.00896 e. The SMILES string of the molecule is CC(Cc1cccs1)NC1CCCN(C(C)C)CC1. The van der Waals surface area contributed by atoms with Gasteiger partial charge in [0.1, 0.15) is 0 Å². The molecular formula is C16H28N2S. The highest BCUT2D eigenvalue weighted by atomic mass is 32.1. The van der Waals surface area contributed by atoms with Gasteiger partial charge in [-0.2, -0.15) is 0 Å². The summed E-state index contributed by atoms with van der Waals surface area (Å²) in [5.41, 5.74) is 0. The first-order chi connectivity index (χ1) is 9.15. The lowest BCUT2D eigenvalue weighted by atomic mass is 10.1. The van der Waals surface area contributed by atoms with E-state index in [0.717, 1.165) is 0 Å². The van der Waals surface area contributed by atoms with Gasteiger partial charge in [-0.25, -0.2) is 0 Å². The van der Waals surface area contributed by atoms with E-state index in [4.69, 9.17) is 0 Å². The van der Waals surface area contributed by atoms with Gasteiger partial charge in [-0.1, -0.05) is 6.07 Å². The summed E-state index contributed by atoms with van der Waals surface area (Å²) in [4.78, 5) is 4.11. The number of nitrogens with zero attached hydrogens (tertiary/aromatic N) is 1. The zero-order valence-electron chi connectivity index (χ0n) is 12.6. The molecule has 0 radical (unpaired) electrons. The third kappa shape index (κ3) is 4.90. The molecule has 0 amide bonds. The van der Waals surface area contributed by atoms with E-state index >= 15 is 0 Å². The molecule has 1 aliphatic rings. The molecule has 0 aromatic carbocycles. The van der Waals surface area contributed by atoms with Crippen LogP contribution < -0.4 is 5.32 Å². The van der Waals surface area contributed by atoms with E-state index in [0.29, 0.717) is 18.1 Å². The van der Waals surface area contributed by atoms with Crippen LogP contribution in [0.5, 0.6) is 0 Å². The van der Waals surface area contributed by atoms with Crippen molar-refractivity contribution < 1.29 is 0 Å². The summed E-state index contributed by atoms with van der Waals surface area (Å²) in [6, 6.07) is 6.39. The standard InChI is InChI=1S/C16H28N2S/c1-13(2)18-9-4-6-15(8-10-18)17-14(3)12-16-7-5-11-19-16/h5,7,11,13-15,17H,4,6,8-10,12H2,1-3H3. The highest BCUT2D eigenvalue weighted by Gasteiger charge is 2.19. The number of thiophene rings is 1. The summed E-state index contributed by atoms with van der Waals surface area (Å²) in [5.74, 6) is 0. The van der Waals surface area contributed by atoms with Crippen molar-refractivity contribution in [2.45, 2.75) is 64.6 Å². The Kier molecular flexibility index (Phi) is 5.86. The second-order valence-electron chi connectivity index (χ2n) is 6.11. The van der Waals surface area contributed by atoms with Crippen molar-refractivity contribution >= 4 is 11.3 Å². The molecule has 1 aromatic rings. The quantitative estimate of drug-likeness (QED) is 0.887. The molecule has 108 valence electrons. The molecule has 2 heterocycles. The van der Waals surface area contributed by atoms with Gasteiger partial charge in [-0.15, -0.1) is 11.3 Å². The Hall–Kier alpha value is -0.380. The number of nitrogens with one attached hydrogen (secondary N) is 1. The van der Waals surface area contributed by atoms with E-state index in [1.54, 1.807) is 0 Å². The number of hydrogen-bond donors (Lipinski definition) is 1. The number of hydrogen-bond acceptors (Lipinski definition) is 3. The summed E-state index contributed by atoms with van der Waals surface area (Å²) in [5, 5.41) is 6.01. The van der Waals surface area contributed by atoms with Crippen LogP contribution in [-0.4, -0.2) is 36.1 Å². The first kappa shape index (κ1) is 15.0. The molecule has 1 N–H and O–H groups in total. The van der Waals surface area contributed by atoms with Gasteiger partial charge in [0.15, 0.2) is 0 Å². The Bertz CT molecular complexity index is 348. The summed E-state index contributed by atoms with van der Waals surface area (Å²) in [6.45, 7) is 9.47. The minimum Gasteiger partial charge on any atom is -0.311 e. The van der Waals surface area contributed by atoms with Crippen LogP contribution in [0.1, 0.15) is 44.9 Å². The van der Waals surface area contributed by atoms with Crippen molar-refractivity contribution in [2.24, 2.45) is 0 Å². The van der Waals surface area contributed by atoms with Crippen LogP contribution >= 0.6 is 11.3 Å². The van der Waals surface area contributed by atoms with Crippen molar-refractivity contribution in [3.8, 4) is 0 Å². The zero-order chi connectivity index (χ0) is 13.7. The topological polar surface area (TPSA) is 15.3 Å². The van der Waals surface area contributed by atoms with Gasteiger partial charge in [-0.3, -0.25) is 0 Å². The van der Waals surface area contributed by atoms with E-state index in [-0.39, 0.29) is 0 Å². The molecule has 2 rings (SSSR count). The third-order valence-corrected chi connectivity index (χ3v) is 5.00. The molecule has 1 fully saturated rings. The van der Waals surface area contributed by atoms with Gasteiger partial charge in [0.25, 0.3) is 0 Å². The maximum Gasteiger partial charge on any atom is 0.00896 e. The fourth-order valence-corrected chi connectivity index (χ4v) is 3.83. The predicted octanol–water partition coefficient (Wildman–Crippen LogP) is 3.53. The van der Waals surface area contributed by atoms with Crippen molar-refractivity contribution in [3.05, 3.63) is 22.4 Å². The minimum absolute atomic E-state index is 0.592. The molecule has 0 saturated carbocycles. The molecule has 3 heteroatoms. The van der Waals surface area contributed by atoms with Crippen molar-refractivity contribution in [3.63, 3.8) is 0 Å². The number of likely N-dealkylation sites (tertiary alicyclic amines) is 1. The second kappa shape index (κ2) is 7.41. The van der Waals surface area contributed by atoms with Gasteiger partial charge in [0, 0.05) is 23.0 Å². The average Bonchev–Trinajstić information content (AvgIpc) is 2.73. The van der Waals surface area contributed by atoms with Crippen LogP contribution in [-0.2, 0) is 6.42 Å². The Labute approximate surface area is 122 Å². The molecule has 1 saturated heterocycles. The van der Waals surface area contributed by atoms with E-state index in [2.05, 4.69) is 48.5 Å². The Morgan fingerprint density at radius 3 is 2.84 bits per heavy atom. The minimum atomic E-state index is 0.592. The lowest BCUT2D eigenvalue weighted by molar-refractivity contribution is 0.228. The Balaban J connectivity index is 1.76. The van der Waals surface area contributed by atoms with Gasteiger partial charge < -0.3 is 10.2 Å². The maximum atomic E-state index is 3.84. The molecule has 2 nitrogen and oxygen atoms in total. The predicted molar refractivity (Wildman–Crippen MR) is 85.0 cm³/mol. The molecule has 1 aromatic heterocycles. The van der Waals surface area contributed by atoms with Crippen molar-refractivity contribution in [1.29, 1.82) is 0 Å². The zero-order valence-corrected chi connectivity index (χ0v) is 13.4. The van der Waals surface area contributed by atoms with Gasteiger partial charge in [0.05, 0.1) is 0 Å². The maximum absolute atomic E-state index is 3.84. The lowest BCUT2D eigenvalue weighted by Gasteiger charge is -2.25. The summed E-state index contributed by atoms with van der Waals surface area (Å²) >= 11 is 1.87. The molecule has 19 heavy (non-hydrogen) atoms. The normalized spacial score (nSPS) is 23.5. The highest BCUT2D eigenvalue weighted by molar-refractivity contribution is 7.09. The largest absolute Gasteiger partial charge is 0.311 e. The molecule has 1 aliphatic heterocycles. The first-order valence-electron chi connectivity index (χ1n) is 7.67. The van der Waals surface area contributed by atoms with Gasteiger partial charge in [-0.05, 0) is 71.0 Å². The van der Waals surface area contributed by atoms with E-state index in [9.17, 15) is 0 Å². The fraction of sp³-hybridized carbons (Fsp3) is 0.750. The first-order valence-corrected chi connectivity index (χ1v) is 8.55. The molecule has 0 aliphatic carbocycles. The van der Waals surface area contributed by atoms with Crippen LogP contribution in [0.15, 0.2) is 17.5 Å². The molecule has 0 spiro atoms. The Morgan fingerprint density at radius 2 is 2.16 bits per heavy atom. The van der Waals surface area contributed by atoms with Crippen molar-refractivity contribution in [2.75, 3.05) is 13.1 Å². The van der Waals surface area contributed by atoms with E-state index in [1.807, 2.05) is 11.3 Å². The summed E-state index contributed by atoms with van der Waals surface area (Å²) < 4.78 is 0. The molecular weight excluding hydrogens is 252 g/mol. The molecule has 0 bridgehead atoms.